The quantitative estimate of drug-likeness (QED) is 0.924. The molecule has 0 aliphatic rings. The van der Waals surface area contributed by atoms with E-state index in [-0.39, 0.29) is 11.9 Å². The van der Waals surface area contributed by atoms with E-state index in [0.717, 1.165) is 4.47 Å². The second-order valence-corrected chi connectivity index (χ2v) is 6.73. The highest BCUT2D eigenvalue weighted by molar-refractivity contribution is 9.10. The van der Waals surface area contributed by atoms with E-state index in [1.807, 2.05) is 6.92 Å². The summed E-state index contributed by atoms with van der Waals surface area (Å²) in [5.41, 5.74) is 1.25. The van der Waals surface area contributed by atoms with Crippen LogP contribution in [0.25, 0.3) is 10.9 Å². The number of hydrogen-bond donors (Lipinski definition) is 1. The number of anilines is 1. The molecule has 0 radical (unpaired) electrons. The topological polar surface area (TPSA) is 42.0 Å². The van der Waals surface area contributed by atoms with Crippen LogP contribution in [0.1, 0.15) is 6.92 Å². The maximum atomic E-state index is 14.0. The van der Waals surface area contributed by atoms with E-state index in [1.165, 1.54) is 6.07 Å². The van der Waals surface area contributed by atoms with E-state index in [1.54, 1.807) is 24.6 Å². The molecule has 0 saturated carbocycles. The zero-order valence-electron chi connectivity index (χ0n) is 10.6. The van der Waals surface area contributed by atoms with Gasteiger partial charge in [0, 0.05) is 45.2 Å². The van der Waals surface area contributed by atoms with Crippen molar-refractivity contribution in [1.82, 2.24) is 4.98 Å². The maximum absolute atomic E-state index is 14.0. The van der Waals surface area contributed by atoms with Crippen molar-refractivity contribution in [1.29, 1.82) is 0 Å². The first-order valence-electron chi connectivity index (χ1n) is 5.78. The average molecular weight is 345 g/mol. The number of benzene rings is 1. The van der Waals surface area contributed by atoms with Gasteiger partial charge in [0.05, 0.1) is 10.9 Å². The monoisotopic (exact) mass is 344 g/mol. The molecule has 1 aromatic heterocycles. The molecule has 19 heavy (non-hydrogen) atoms. The number of nitrogens with zero attached hydrogens (tertiary/aromatic N) is 1. The van der Waals surface area contributed by atoms with Crippen molar-refractivity contribution in [2.24, 2.45) is 0 Å². The molecule has 1 aromatic carbocycles. The number of aromatic nitrogens is 1. The van der Waals surface area contributed by atoms with Gasteiger partial charge in [-0.2, -0.15) is 0 Å². The zero-order valence-corrected chi connectivity index (χ0v) is 13.0. The highest BCUT2D eigenvalue weighted by Crippen LogP contribution is 2.30. The van der Waals surface area contributed by atoms with Crippen molar-refractivity contribution < 1.29 is 8.60 Å². The number of nitrogens with one attached hydrogen (secondary N) is 1. The molecule has 0 aliphatic carbocycles. The van der Waals surface area contributed by atoms with Crippen LogP contribution >= 0.6 is 15.9 Å². The van der Waals surface area contributed by atoms with Gasteiger partial charge in [-0.3, -0.25) is 9.19 Å². The van der Waals surface area contributed by atoms with Crippen LogP contribution in [-0.2, 0) is 10.8 Å². The van der Waals surface area contributed by atoms with Crippen LogP contribution in [-0.4, -0.2) is 27.2 Å². The number of fused-ring (bicyclic) bond motifs is 1. The number of rotatable bonds is 4. The molecule has 0 amide bonds. The van der Waals surface area contributed by atoms with Gasteiger partial charge < -0.3 is 5.32 Å². The van der Waals surface area contributed by atoms with Gasteiger partial charge in [-0.25, -0.2) is 4.39 Å². The molecule has 0 aliphatic heterocycles. The normalized spacial score (nSPS) is 14.3. The van der Waals surface area contributed by atoms with Crippen molar-refractivity contribution in [2.45, 2.75) is 13.0 Å². The van der Waals surface area contributed by atoms with Crippen molar-refractivity contribution in [3.05, 3.63) is 34.7 Å². The summed E-state index contributed by atoms with van der Waals surface area (Å²) in [6, 6.07) is 4.77. The van der Waals surface area contributed by atoms with Crippen LogP contribution in [0, 0.1) is 5.82 Å². The average Bonchev–Trinajstić information content (AvgIpc) is 2.33. The highest BCUT2D eigenvalue weighted by Gasteiger charge is 2.12. The first kappa shape index (κ1) is 14.4. The Balaban J connectivity index is 2.44. The first-order valence-corrected chi connectivity index (χ1v) is 8.30. The van der Waals surface area contributed by atoms with Gasteiger partial charge in [0.1, 0.15) is 5.82 Å². The smallest absolute Gasteiger partial charge is 0.134 e. The van der Waals surface area contributed by atoms with Gasteiger partial charge in [-0.1, -0.05) is 0 Å². The predicted octanol–water partition coefficient (Wildman–Crippen LogP) is 3.32. The van der Waals surface area contributed by atoms with Crippen molar-refractivity contribution in [3.8, 4) is 0 Å². The fourth-order valence-electron chi connectivity index (χ4n) is 1.97. The second kappa shape index (κ2) is 5.96. The van der Waals surface area contributed by atoms with Gasteiger partial charge in [0.15, 0.2) is 0 Å². The highest BCUT2D eigenvalue weighted by atomic mass is 79.9. The molecule has 2 atom stereocenters. The van der Waals surface area contributed by atoms with Gasteiger partial charge in [-0.15, -0.1) is 0 Å². The first-order chi connectivity index (χ1) is 8.99. The van der Waals surface area contributed by atoms with Gasteiger partial charge in [0.2, 0.25) is 0 Å². The summed E-state index contributed by atoms with van der Waals surface area (Å²) in [4.78, 5) is 4.18. The third-order valence-corrected chi connectivity index (χ3v) is 4.29. The molecule has 0 fully saturated rings. The molecule has 3 nitrogen and oxygen atoms in total. The van der Waals surface area contributed by atoms with E-state index >= 15 is 0 Å². The molecule has 102 valence electrons. The molecule has 2 rings (SSSR count). The third-order valence-electron chi connectivity index (χ3n) is 2.68. The van der Waals surface area contributed by atoms with E-state index < -0.39 is 10.8 Å². The number of pyridine rings is 1. The molecule has 6 heteroatoms. The second-order valence-electron chi connectivity index (χ2n) is 4.40. The minimum Gasteiger partial charge on any atom is -0.381 e. The lowest BCUT2D eigenvalue weighted by Gasteiger charge is -2.16. The van der Waals surface area contributed by atoms with Crippen LogP contribution in [0.4, 0.5) is 10.1 Å². The molecule has 0 bridgehead atoms. The Morgan fingerprint density at radius 2 is 2.21 bits per heavy atom. The SMILES string of the molecule is C[C@@H](C[S@@](C)=O)Nc1ccnc2c(Br)ccc(F)c12. The van der Waals surface area contributed by atoms with Crippen LogP contribution in [0.15, 0.2) is 28.9 Å². The van der Waals surface area contributed by atoms with Crippen molar-refractivity contribution in [3.63, 3.8) is 0 Å². The lowest BCUT2D eigenvalue weighted by Crippen LogP contribution is -2.22. The summed E-state index contributed by atoms with van der Waals surface area (Å²) in [7, 11) is -0.894. The predicted molar refractivity (Wildman–Crippen MR) is 81.4 cm³/mol. The molecule has 2 aromatic rings. The third kappa shape index (κ3) is 3.30. The Morgan fingerprint density at radius 1 is 1.47 bits per heavy atom. The molecule has 1 heterocycles. The van der Waals surface area contributed by atoms with Gasteiger partial charge in [0.25, 0.3) is 0 Å². The van der Waals surface area contributed by atoms with Crippen LogP contribution in [0.2, 0.25) is 0 Å². The summed E-state index contributed by atoms with van der Waals surface area (Å²) >= 11 is 3.37. The Morgan fingerprint density at radius 3 is 2.89 bits per heavy atom. The van der Waals surface area contributed by atoms with Crippen LogP contribution in [0.5, 0.6) is 0 Å². The molecule has 0 unspecified atom stereocenters. The fourth-order valence-corrected chi connectivity index (χ4v) is 3.19. The summed E-state index contributed by atoms with van der Waals surface area (Å²) in [6.45, 7) is 1.92. The molecule has 0 saturated heterocycles. The number of hydrogen-bond acceptors (Lipinski definition) is 3. The Hall–Kier alpha value is -1.01. The van der Waals surface area contributed by atoms with E-state index in [4.69, 9.17) is 0 Å². The van der Waals surface area contributed by atoms with E-state index in [2.05, 4.69) is 26.2 Å². The Labute approximate surface area is 122 Å². The summed E-state index contributed by atoms with van der Waals surface area (Å²) < 4.78 is 25.9. The lowest BCUT2D eigenvalue weighted by atomic mass is 10.1. The Bertz CT molecular complexity index is 635. The fraction of sp³-hybridized carbons (Fsp3) is 0.308. The zero-order chi connectivity index (χ0) is 14.0. The minimum absolute atomic E-state index is 0.00480. The molecule has 1 N–H and O–H groups in total. The Kier molecular flexibility index (Phi) is 4.52. The van der Waals surface area contributed by atoms with Gasteiger partial charge >= 0.3 is 0 Å². The van der Waals surface area contributed by atoms with Crippen molar-refractivity contribution in [2.75, 3.05) is 17.3 Å². The van der Waals surface area contributed by atoms with Crippen LogP contribution < -0.4 is 5.32 Å². The van der Waals surface area contributed by atoms with E-state index in [0.29, 0.717) is 22.3 Å². The summed E-state index contributed by atoms with van der Waals surface area (Å²) in [5.74, 6) is 0.193. The summed E-state index contributed by atoms with van der Waals surface area (Å²) in [6.07, 6.45) is 3.28. The molecular formula is C13H14BrFN2OS. The summed E-state index contributed by atoms with van der Waals surface area (Å²) in [5, 5.41) is 3.64. The molecule has 0 spiro atoms. The lowest BCUT2D eigenvalue weighted by molar-refractivity contribution is 0.639. The largest absolute Gasteiger partial charge is 0.381 e. The minimum atomic E-state index is -0.894. The van der Waals surface area contributed by atoms with Crippen LogP contribution in [0.3, 0.4) is 0 Å². The standard InChI is InChI=1S/C13H14BrFN2OS/c1-8(7-19(2)18)17-11-5-6-16-13-9(14)3-4-10(15)12(11)13/h3-6,8H,7H2,1-2H3,(H,16,17)/t8-,19+/m0/s1. The van der Waals surface area contributed by atoms with Gasteiger partial charge in [-0.05, 0) is 41.1 Å². The van der Waals surface area contributed by atoms with Crippen molar-refractivity contribution >= 4 is 43.3 Å². The number of halogens is 2. The molecular weight excluding hydrogens is 331 g/mol. The van der Waals surface area contributed by atoms with E-state index in [9.17, 15) is 8.60 Å². The maximum Gasteiger partial charge on any atom is 0.134 e.